The van der Waals surface area contributed by atoms with Crippen LogP contribution in [0.2, 0.25) is 0 Å². The number of nitrogens with zero attached hydrogens (tertiary/aromatic N) is 2. The third-order valence-corrected chi connectivity index (χ3v) is 8.31. The normalized spacial score (nSPS) is 15.5. The van der Waals surface area contributed by atoms with Crippen molar-refractivity contribution in [3.63, 3.8) is 0 Å². The van der Waals surface area contributed by atoms with Gasteiger partial charge >= 0.3 is 0 Å². The van der Waals surface area contributed by atoms with Gasteiger partial charge in [0.2, 0.25) is 0 Å². The molecule has 3 heterocycles. The minimum atomic E-state index is 0.0489. The first-order valence-corrected chi connectivity index (χ1v) is 13.1. The Bertz CT molecular complexity index is 1310. The molecule has 1 unspecified atom stereocenters. The quantitative estimate of drug-likeness (QED) is 0.250. The van der Waals surface area contributed by atoms with Gasteiger partial charge in [-0.25, -0.2) is 4.98 Å². The highest BCUT2D eigenvalue weighted by atomic mass is 32.2. The smallest absolute Gasteiger partial charge is 0.267 e. The highest BCUT2D eigenvalue weighted by molar-refractivity contribution is 7.99. The third kappa shape index (κ3) is 4.58. The summed E-state index contributed by atoms with van der Waals surface area (Å²) in [5, 5.41) is 1.58. The number of hydrogen-bond donors (Lipinski definition) is 1. The van der Waals surface area contributed by atoms with Gasteiger partial charge in [-0.3, -0.25) is 9.36 Å². The summed E-state index contributed by atoms with van der Waals surface area (Å²) in [4.78, 5) is 22.6. The molecule has 0 saturated carbocycles. The maximum absolute atomic E-state index is 13.9. The lowest BCUT2D eigenvalue weighted by Gasteiger charge is -2.19. The molecular weight excluding hydrogens is 450 g/mol. The summed E-state index contributed by atoms with van der Waals surface area (Å²) in [5.41, 5.74) is 3.43. The minimum absolute atomic E-state index is 0.0489. The number of fused-ring (bicyclic) bond motifs is 3. The largest absolute Gasteiger partial charge is 0.497 e. The van der Waals surface area contributed by atoms with Crippen LogP contribution in [0.4, 0.5) is 0 Å². The summed E-state index contributed by atoms with van der Waals surface area (Å²) in [6, 6.07) is 18.2. The fourth-order valence-corrected chi connectivity index (χ4v) is 6.71. The fraction of sp³-hybridized carbons (Fsp3) is 0.308. The lowest BCUT2D eigenvalue weighted by molar-refractivity contribution is -0.895. The Balaban J connectivity index is 1.52. The van der Waals surface area contributed by atoms with Gasteiger partial charge in [-0.2, -0.15) is 0 Å². The number of rotatable bonds is 7. The monoisotopic (exact) mass is 478 g/mol. The van der Waals surface area contributed by atoms with Crippen LogP contribution >= 0.6 is 23.1 Å². The summed E-state index contributed by atoms with van der Waals surface area (Å²) < 4.78 is 7.12. The van der Waals surface area contributed by atoms with E-state index in [4.69, 9.17) is 9.72 Å². The minimum Gasteiger partial charge on any atom is -0.497 e. The van der Waals surface area contributed by atoms with Crippen molar-refractivity contribution in [3.8, 4) is 11.4 Å². The Labute approximate surface area is 202 Å². The Morgan fingerprint density at radius 3 is 2.70 bits per heavy atom. The predicted octanol–water partition coefficient (Wildman–Crippen LogP) is 3.75. The van der Waals surface area contributed by atoms with Crippen LogP contribution in [0.25, 0.3) is 15.9 Å². The van der Waals surface area contributed by atoms with Crippen LogP contribution in [0, 0.1) is 0 Å². The van der Waals surface area contributed by atoms with E-state index in [9.17, 15) is 4.79 Å². The van der Waals surface area contributed by atoms with Gasteiger partial charge in [-0.15, -0.1) is 11.3 Å². The van der Waals surface area contributed by atoms with E-state index in [1.165, 1.54) is 20.9 Å². The zero-order valence-corrected chi connectivity index (χ0v) is 20.6. The van der Waals surface area contributed by atoms with E-state index in [0.717, 1.165) is 64.9 Å². The summed E-state index contributed by atoms with van der Waals surface area (Å²) in [6.45, 7) is 2.02. The molecule has 2 aromatic carbocycles. The van der Waals surface area contributed by atoms with E-state index in [-0.39, 0.29) is 5.56 Å². The highest BCUT2D eigenvalue weighted by Crippen LogP contribution is 2.32. The highest BCUT2D eigenvalue weighted by Gasteiger charge is 2.26. The number of aromatic nitrogens is 2. The van der Waals surface area contributed by atoms with E-state index in [0.29, 0.717) is 0 Å². The molecule has 4 aromatic rings. The number of thiophene rings is 1. The van der Waals surface area contributed by atoms with Crippen LogP contribution in [-0.2, 0) is 19.4 Å². The molecule has 1 aliphatic heterocycles. The number of quaternary nitrogens is 1. The number of nitrogens with one attached hydrogen (secondary N) is 1. The molecule has 0 aliphatic carbocycles. The number of hydrogen-bond acceptors (Lipinski definition) is 5. The number of benzene rings is 2. The number of ether oxygens (including phenoxy) is 1. The van der Waals surface area contributed by atoms with Crippen molar-refractivity contribution in [1.82, 2.24) is 9.55 Å². The second kappa shape index (κ2) is 9.71. The SMILES string of the molecule is COc1ccc(-n2c(SCCCc3ccccc3)nc3sc4c(c3c2=O)CC[NH+](C)C4)cc1. The number of thioether (sulfide) groups is 1. The zero-order valence-electron chi connectivity index (χ0n) is 19.0. The van der Waals surface area contributed by atoms with Gasteiger partial charge in [0.05, 0.1) is 36.7 Å². The Hall–Kier alpha value is -2.61. The topological polar surface area (TPSA) is 48.6 Å². The number of methoxy groups -OCH3 is 1. The van der Waals surface area contributed by atoms with E-state index in [1.807, 2.05) is 30.3 Å². The molecule has 0 fully saturated rings. The first-order chi connectivity index (χ1) is 16.1. The van der Waals surface area contributed by atoms with Crippen LogP contribution < -0.4 is 15.2 Å². The molecule has 33 heavy (non-hydrogen) atoms. The average molecular weight is 479 g/mol. The van der Waals surface area contributed by atoms with Crippen molar-refractivity contribution in [2.45, 2.75) is 31.0 Å². The molecule has 1 atom stereocenters. The second-order valence-electron chi connectivity index (χ2n) is 8.49. The molecule has 170 valence electrons. The maximum Gasteiger partial charge on any atom is 0.267 e. The van der Waals surface area contributed by atoms with Crippen molar-refractivity contribution < 1.29 is 9.64 Å². The van der Waals surface area contributed by atoms with Gasteiger partial charge in [-0.1, -0.05) is 42.1 Å². The zero-order chi connectivity index (χ0) is 22.8. The molecule has 5 rings (SSSR count). The molecule has 0 saturated heterocycles. The molecule has 1 N–H and O–H groups in total. The molecule has 5 nitrogen and oxygen atoms in total. The van der Waals surface area contributed by atoms with Crippen LogP contribution in [0.3, 0.4) is 0 Å². The molecule has 2 aromatic heterocycles. The van der Waals surface area contributed by atoms with Gasteiger partial charge in [0, 0.05) is 12.2 Å². The van der Waals surface area contributed by atoms with Gasteiger partial charge in [0.1, 0.15) is 17.1 Å². The number of likely N-dealkylation sites (N-methyl/N-ethyl adjacent to an activating group) is 1. The Kier molecular flexibility index (Phi) is 6.53. The molecule has 1 aliphatic rings. The summed E-state index contributed by atoms with van der Waals surface area (Å²) in [7, 11) is 3.86. The Morgan fingerprint density at radius 2 is 1.94 bits per heavy atom. The first kappa shape index (κ1) is 22.2. The molecule has 0 amide bonds. The molecule has 0 bridgehead atoms. The number of aryl methyl sites for hydroxylation is 1. The second-order valence-corrected chi connectivity index (χ2v) is 10.6. The van der Waals surface area contributed by atoms with Gasteiger partial charge in [0.15, 0.2) is 5.16 Å². The van der Waals surface area contributed by atoms with Crippen molar-refractivity contribution >= 4 is 33.3 Å². The van der Waals surface area contributed by atoms with Crippen molar-refractivity contribution in [3.05, 3.63) is 81.0 Å². The Morgan fingerprint density at radius 1 is 1.15 bits per heavy atom. The van der Waals surface area contributed by atoms with Crippen molar-refractivity contribution in [1.29, 1.82) is 0 Å². The average Bonchev–Trinajstić information content (AvgIpc) is 3.20. The van der Waals surface area contributed by atoms with E-state index < -0.39 is 0 Å². The van der Waals surface area contributed by atoms with E-state index >= 15 is 0 Å². The van der Waals surface area contributed by atoms with E-state index in [1.54, 1.807) is 34.8 Å². The van der Waals surface area contributed by atoms with Crippen LogP contribution in [-0.4, -0.2) is 36.0 Å². The van der Waals surface area contributed by atoms with Crippen LogP contribution in [0.5, 0.6) is 5.75 Å². The lowest BCUT2D eigenvalue weighted by Crippen LogP contribution is -3.08. The van der Waals surface area contributed by atoms with Crippen LogP contribution in [0.15, 0.2) is 64.5 Å². The first-order valence-electron chi connectivity index (χ1n) is 11.3. The maximum atomic E-state index is 13.9. The molecule has 0 spiro atoms. The third-order valence-electron chi connectivity index (χ3n) is 6.16. The molecule has 7 heteroatoms. The summed E-state index contributed by atoms with van der Waals surface area (Å²) >= 11 is 3.37. The summed E-state index contributed by atoms with van der Waals surface area (Å²) in [6.07, 6.45) is 2.98. The standard InChI is InChI=1S/C26H27N3O2S2/c1-28-15-14-21-22(17-28)33-24-23(21)25(30)29(19-10-12-20(31-2)13-11-19)26(27-24)32-16-6-9-18-7-4-3-5-8-18/h3-5,7-8,10-13H,6,9,14-17H2,1-2H3/p+1. The fourth-order valence-electron chi connectivity index (χ4n) is 4.38. The van der Waals surface area contributed by atoms with Gasteiger partial charge in [-0.05, 0) is 48.2 Å². The molecular formula is C26H28N3O2S2+. The van der Waals surface area contributed by atoms with Gasteiger partial charge < -0.3 is 9.64 Å². The van der Waals surface area contributed by atoms with Crippen molar-refractivity contribution in [2.24, 2.45) is 0 Å². The van der Waals surface area contributed by atoms with Crippen LogP contribution in [0.1, 0.15) is 22.4 Å². The summed E-state index contributed by atoms with van der Waals surface area (Å²) in [5.74, 6) is 1.68. The van der Waals surface area contributed by atoms with E-state index in [2.05, 4.69) is 31.3 Å². The molecule has 0 radical (unpaired) electrons. The predicted molar refractivity (Wildman–Crippen MR) is 136 cm³/mol. The van der Waals surface area contributed by atoms with Crippen molar-refractivity contribution in [2.75, 3.05) is 26.5 Å². The van der Waals surface area contributed by atoms with Gasteiger partial charge in [0.25, 0.3) is 5.56 Å². The lowest BCUT2D eigenvalue weighted by atomic mass is 10.1.